The molecule has 0 spiro atoms. The maximum Gasteiger partial charge on any atom is 0.0762 e. The van der Waals surface area contributed by atoms with E-state index < -0.39 is 0 Å². The molecule has 2 heterocycles. The van der Waals surface area contributed by atoms with Gasteiger partial charge in [0.1, 0.15) is 0 Å². The number of fused-ring (bicyclic) bond motifs is 1. The minimum absolute atomic E-state index is 0.0455. The van der Waals surface area contributed by atoms with Gasteiger partial charge < -0.3 is 14.6 Å². The molecule has 3 nitrogen and oxygen atoms in total. The molecule has 2 aromatic rings. The van der Waals surface area contributed by atoms with Crippen molar-refractivity contribution in [1.82, 2.24) is 9.88 Å². The van der Waals surface area contributed by atoms with Crippen molar-refractivity contribution in [3.05, 3.63) is 36.0 Å². The molecule has 3 heteroatoms. The van der Waals surface area contributed by atoms with Gasteiger partial charge >= 0.3 is 0 Å². The van der Waals surface area contributed by atoms with Gasteiger partial charge in [0.25, 0.3) is 0 Å². The highest BCUT2D eigenvalue weighted by Crippen LogP contribution is 2.31. The second-order valence-electron chi connectivity index (χ2n) is 6.64. The lowest BCUT2D eigenvalue weighted by molar-refractivity contribution is -0.0212. The van der Waals surface area contributed by atoms with Crippen molar-refractivity contribution >= 4 is 10.9 Å². The number of nitrogens with zero attached hydrogens (tertiary/aromatic N) is 1. The first-order valence-corrected chi connectivity index (χ1v) is 8.04. The summed E-state index contributed by atoms with van der Waals surface area (Å²) in [6, 6.07) is 8.82. The molecule has 21 heavy (non-hydrogen) atoms. The van der Waals surface area contributed by atoms with E-state index in [1.54, 1.807) is 0 Å². The van der Waals surface area contributed by atoms with Gasteiger partial charge in [-0.05, 0) is 50.9 Å². The van der Waals surface area contributed by atoms with Gasteiger partial charge in [0.05, 0.1) is 11.7 Å². The molecule has 0 saturated carbocycles. The topological polar surface area (TPSA) is 26.2 Å². The van der Waals surface area contributed by atoms with Gasteiger partial charge in [-0.25, -0.2) is 0 Å². The Morgan fingerprint density at radius 2 is 2.19 bits per heavy atom. The van der Waals surface area contributed by atoms with Crippen LogP contribution in [0.4, 0.5) is 0 Å². The van der Waals surface area contributed by atoms with Crippen molar-refractivity contribution in [3.63, 3.8) is 0 Å². The summed E-state index contributed by atoms with van der Waals surface area (Å²) in [6.45, 7) is 9.42. The quantitative estimate of drug-likeness (QED) is 0.907. The highest BCUT2D eigenvalue weighted by atomic mass is 16.5. The fourth-order valence-corrected chi connectivity index (χ4v) is 3.29. The molecule has 1 atom stereocenters. The Kier molecular flexibility index (Phi) is 4.05. The van der Waals surface area contributed by atoms with Crippen molar-refractivity contribution in [2.75, 3.05) is 6.54 Å². The lowest BCUT2D eigenvalue weighted by Gasteiger charge is -2.20. The normalized spacial score (nSPS) is 21.2. The predicted octanol–water partition coefficient (Wildman–Crippen LogP) is 3.71. The highest BCUT2D eigenvalue weighted by Gasteiger charge is 2.31. The molecule has 1 unspecified atom stereocenters. The van der Waals surface area contributed by atoms with Crippen LogP contribution >= 0.6 is 0 Å². The average molecular weight is 286 g/mol. The Labute approximate surface area is 127 Å². The zero-order chi connectivity index (χ0) is 14.9. The van der Waals surface area contributed by atoms with E-state index in [1.165, 1.54) is 16.5 Å². The smallest absolute Gasteiger partial charge is 0.0762 e. The third-order valence-corrected chi connectivity index (χ3v) is 4.42. The van der Waals surface area contributed by atoms with Crippen molar-refractivity contribution in [3.8, 4) is 0 Å². The summed E-state index contributed by atoms with van der Waals surface area (Å²) >= 11 is 0. The summed E-state index contributed by atoms with van der Waals surface area (Å²) in [4.78, 5) is 0. The van der Waals surface area contributed by atoms with Gasteiger partial charge in [-0.1, -0.05) is 19.1 Å². The zero-order valence-electron chi connectivity index (χ0n) is 13.4. The third kappa shape index (κ3) is 3.14. The van der Waals surface area contributed by atoms with Gasteiger partial charge in [0.2, 0.25) is 0 Å². The van der Waals surface area contributed by atoms with Gasteiger partial charge in [-0.15, -0.1) is 0 Å². The predicted molar refractivity (Wildman–Crippen MR) is 87.5 cm³/mol. The van der Waals surface area contributed by atoms with E-state index in [1.807, 2.05) is 0 Å². The van der Waals surface area contributed by atoms with Crippen LogP contribution in [0.2, 0.25) is 0 Å². The molecule has 1 aliphatic rings. The Morgan fingerprint density at radius 1 is 1.33 bits per heavy atom. The summed E-state index contributed by atoms with van der Waals surface area (Å²) in [5.74, 6) is 0. The van der Waals surface area contributed by atoms with Crippen LogP contribution in [-0.4, -0.2) is 22.8 Å². The number of hydrogen-bond donors (Lipinski definition) is 1. The first-order chi connectivity index (χ1) is 10.1. The molecule has 0 bridgehead atoms. The van der Waals surface area contributed by atoms with Crippen LogP contribution in [0.3, 0.4) is 0 Å². The van der Waals surface area contributed by atoms with Crippen molar-refractivity contribution < 1.29 is 4.74 Å². The number of benzene rings is 1. The van der Waals surface area contributed by atoms with E-state index in [2.05, 4.69) is 61.1 Å². The monoisotopic (exact) mass is 286 g/mol. The molecule has 0 aliphatic carbocycles. The molecule has 1 saturated heterocycles. The first kappa shape index (κ1) is 14.6. The van der Waals surface area contributed by atoms with Crippen LogP contribution in [0, 0.1) is 0 Å². The van der Waals surface area contributed by atoms with Gasteiger partial charge in [-0.2, -0.15) is 0 Å². The Hall–Kier alpha value is -1.32. The number of ether oxygens (including phenoxy) is 1. The third-order valence-electron chi connectivity index (χ3n) is 4.42. The van der Waals surface area contributed by atoms with E-state index in [0.717, 1.165) is 32.5 Å². The minimum Gasteiger partial charge on any atom is -0.370 e. The Morgan fingerprint density at radius 3 is 2.90 bits per heavy atom. The molecule has 114 valence electrons. The summed E-state index contributed by atoms with van der Waals surface area (Å²) in [6.07, 6.45) is 4.86. The van der Waals surface area contributed by atoms with Crippen LogP contribution < -0.4 is 5.32 Å². The molecule has 1 aromatic carbocycles. The minimum atomic E-state index is 0.0455. The highest BCUT2D eigenvalue weighted by molar-refractivity contribution is 5.83. The molecule has 1 fully saturated rings. The van der Waals surface area contributed by atoms with Gasteiger partial charge in [-0.3, -0.25) is 0 Å². The summed E-state index contributed by atoms with van der Waals surface area (Å²) in [7, 11) is 0. The van der Waals surface area contributed by atoms with Crippen LogP contribution in [-0.2, 0) is 17.8 Å². The first-order valence-electron chi connectivity index (χ1n) is 8.04. The lowest BCUT2D eigenvalue weighted by atomic mass is 10.1. The zero-order valence-corrected chi connectivity index (χ0v) is 13.4. The van der Waals surface area contributed by atoms with E-state index in [-0.39, 0.29) is 5.60 Å². The fourth-order valence-electron chi connectivity index (χ4n) is 3.29. The second kappa shape index (κ2) is 5.82. The molecule has 1 aromatic heterocycles. The average Bonchev–Trinajstić information content (AvgIpc) is 3.01. The summed E-state index contributed by atoms with van der Waals surface area (Å²) in [5.41, 5.74) is 2.74. The number of hydrogen-bond acceptors (Lipinski definition) is 2. The molecule has 3 rings (SSSR count). The van der Waals surface area contributed by atoms with Gasteiger partial charge in [0.15, 0.2) is 0 Å². The molecular weight excluding hydrogens is 260 g/mol. The summed E-state index contributed by atoms with van der Waals surface area (Å²) in [5, 5.41) is 4.77. The number of nitrogens with one attached hydrogen (secondary N) is 1. The maximum atomic E-state index is 6.13. The van der Waals surface area contributed by atoms with E-state index in [9.17, 15) is 0 Å². The lowest BCUT2D eigenvalue weighted by Crippen LogP contribution is -2.22. The Balaban J connectivity index is 1.81. The van der Waals surface area contributed by atoms with Crippen molar-refractivity contribution in [2.45, 2.75) is 58.4 Å². The largest absolute Gasteiger partial charge is 0.370 e. The van der Waals surface area contributed by atoms with Gasteiger partial charge in [0, 0.05) is 30.2 Å². The fraction of sp³-hybridized carbons (Fsp3) is 0.556. The van der Waals surface area contributed by atoms with Crippen LogP contribution in [0.15, 0.2) is 30.5 Å². The SMILES string of the molecule is CCNCc1cccc2c1ccn2CC1CCC(C)(C)O1. The second-order valence-corrected chi connectivity index (χ2v) is 6.64. The molecular formula is C18H26N2O. The van der Waals surface area contributed by atoms with Crippen molar-refractivity contribution in [1.29, 1.82) is 0 Å². The summed E-state index contributed by atoms with van der Waals surface area (Å²) < 4.78 is 8.48. The van der Waals surface area contributed by atoms with Crippen LogP contribution in [0.25, 0.3) is 10.9 Å². The van der Waals surface area contributed by atoms with E-state index in [4.69, 9.17) is 4.74 Å². The molecule has 1 aliphatic heterocycles. The standard InChI is InChI=1S/C18H26N2O/c1-4-19-12-14-6-5-7-17-16(14)9-11-20(17)13-15-8-10-18(2,3)21-15/h5-7,9,11,15,19H,4,8,10,12-13H2,1-3H3. The number of aromatic nitrogens is 1. The van der Waals surface area contributed by atoms with E-state index in [0.29, 0.717) is 6.10 Å². The molecule has 1 N–H and O–H groups in total. The maximum absolute atomic E-state index is 6.13. The van der Waals surface area contributed by atoms with Crippen molar-refractivity contribution in [2.24, 2.45) is 0 Å². The van der Waals surface area contributed by atoms with Crippen LogP contribution in [0.5, 0.6) is 0 Å². The number of rotatable bonds is 5. The molecule has 0 amide bonds. The molecule has 0 radical (unpaired) electrons. The van der Waals surface area contributed by atoms with Crippen LogP contribution in [0.1, 0.15) is 39.2 Å². The van der Waals surface area contributed by atoms with E-state index >= 15 is 0 Å². The Bertz CT molecular complexity index is 615.